The van der Waals surface area contributed by atoms with E-state index in [1.165, 1.54) is 6.08 Å². The summed E-state index contributed by atoms with van der Waals surface area (Å²) in [5.41, 5.74) is 4.05. The first-order chi connectivity index (χ1) is 9.66. The first-order valence-electron chi connectivity index (χ1n) is 6.40. The first kappa shape index (κ1) is 13.8. The van der Waals surface area contributed by atoms with Crippen LogP contribution < -0.4 is 0 Å². The van der Waals surface area contributed by atoms with Crippen molar-refractivity contribution < 1.29 is 9.90 Å². The van der Waals surface area contributed by atoms with Gasteiger partial charge in [-0.25, -0.2) is 4.79 Å². The van der Waals surface area contributed by atoms with Crippen molar-refractivity contribution in [2.75, 3.05) is 0 Å². The molecule has 0 aromatic heterocycles. The lowest BCUT2D eigenvalue weighted by Crippen LogP contribution is -1.88. The van der Waals surface area contributed by atoms with Crippen molar-refractivity contribution in [3.8, 4) is 11.1 Å². The molecule has 0 bridgehead atoms. The third-order valence-electron chi connectivity index (χ3n) is 2.92. The molecule has 20 heavy (non-hydrogen) atoms. The molecule has 0 aliphatic carbocycles. The monoisotopic (exact) mass is 264 g/mol. The summed E-state index contributed by atoms with van der Waals surface area (Å²) >= 11 is 0. The molecule has 0 fully saturated rings. The van der Waals surface area contributed by atoms with E-state index in [1.807, 2.05) is 48.6 Å². The molecule has 2 aromatic carbocycles. The molecule has 0 radical (unpaired) electrons. The second-order valence-electron chi connectivity index (χ2n) is 4.51. The molecule has 0 spiro atoms. The fourth-order valence-electron chi connectivity index (χ4n) is 1.99. The van der Waals surface area contributed by atoms with Crippen LogP contribution in [0.25, 0.3) is 17.2 Å². The predicted octanol–water partition coefficient (Wildman–Crippen LogP) is 4.40. The fraction of sp³-hybridized carbons (Fsp3) is 0.0556. The van der Waals surface area contributed by atoms with Gasteiger partial charge in [0.1, 0.15) is 0 Å². The van der Waals surface area contributed by atoms with Crippen LogP contribution in [0.2, 0.25) is 0 Å². The van der Waals surface area contributed by atoms with Crippen molar-refractivity contribution in [2.45, 2.75) is 6.92 Å². The number of benzene rings is 2. The van der Waals surface area contributed by atoms with Crippen LogP contribution in [0.5, 0.6) is 0 Å². The van der Waals surface area contributed by atoms with Crippen LogP contribution >= 0.6 is 0 Å². The SMILES string of the molecule is CC(/C=C/c1ccccc1-c1ccccc1)=C\C(=O)O. The zero-order valence-electron chi connectivity index (χ0n) is 11.3. The van der Waals surface area contributed by atoms with E-state index in [-0.39, 0.29) is 0 Å². The van der Waals surface area contributed by atoms with E-state index in [4.69, 9.17) is 5.11 Å². The Bertz CT molecular complexity index is 652. The standard InChI is InChI=1S/C18H16O2/c1-14(13-18(19)20)11-12-16-9-5-6-10-17(16)15-7-3-2-4-8-15/h2-13H,1H3,(H,19,20)/b12-11+,14-13+. The predicted molar refractivity (Wildman–Crippen MR) is 82.3 cm³/mol. The largest absolute Gasteiger partial charge is 0.478 e. The summed E-state index contributed by atoms with van der Waals surface area (Å²) in [5.74, 6) is -0.927. The van der Waals surface area contributed by atoms with E-state index in [0.717, 1.165) is 16.7 Å². The summed E-state index contributed by atoms with van der Waals surface area (Å²) in [4.78, 5) is 10.6. The number of hydrogen-bond acceptors (Lipinski definition) is 1. The molecule has 2 heteroatoms. The Hall–Kier alpha value is -2.61. The lowest BCUT2D eigenvalue weighted by Gasteiger charge is -2.06. The van der Waals surface area contributed by atoms with Crippen molar-refractivity contribution in [1.29, 1.82) is 0 Å². The van der Waals surface area contributed by atoms with Crippen molar-refractivity contribution in [3.63, 3.8) is 0 Å². The first-order valence-corrected chi connectivity index (χ1v) is 6.40. The van der Waals surface area contributed by atoms with Gasteiger partial charge in [-0.05, 0) is 29.2 Å². The molecule has 0 aliphatic heterocycles. The van der Waals surface area contributed by atoms with Crippen molar-refractivity contribution in [2.24, 2.45) is 0 Å². The minimum absolute atomic E-state index is 0.709. The van der Waals surface area contributed by atoms with E-state index >= 15 is 0 Å². The number of rotatable bonds is 4. The maximum Gasteiger partial charge on any atom is 0.328 e. The Labute approximate surface area is 118 Å². The zero-order valence-corrected chi connectivity index (χ0v) is 11.3. The van der Waals surface area contributed by atoms with Gasteiger partial charge in [0.15, 0.2) is 0 Å². The average Bonchev–Trinajstić information content (AvgIpc) is 2.46. The van der Waals surface area contributed by atoms with Crippen LogP contribution in [-0.4, -0.2) is 11.1 Å². The molecule has 0 saturated carbocycles. The van der Waals surface area contributed by atoms with E-state index in [1.54, 1.807) is 6.92 Å². The maximum absolute atomic E-state index is 10.6. The quantitative estimate of drug-likeness (QED) is 0.656. The molecule has 100 valence electrons. The Morgan fingerprint density at radius 2 is 1.65 bits per heavy atom. The maximum atomic E-state index is 10.6. The van der Waals surface area contributed by atoms with Crippen LogP contribution in [0.1, 0.15) is 12.5 Å². The highest BCUT2D eigenvalue weighted by molar-refractivity contribution is 5.82. The van der Waals surface area contributed by atoms with Crippen LogP contribution in [0.15, 0.2) is 72.3 Å². The molecule has 0 atom stereocenters. The molecular weight excluding hydrogens is 248 g/mol. The van der Waals surface area contributed by atoms with Crippen LogP contribution in [0, 0.1) is 0 Å². The van der Waals surface area contributed by atoms with Crippen molar-refractivity contribution >= 4 is 12.0 Å². The molecule has 0 saturated heterocycles. The molecule has 2 rings (SSSR count). The number of carboxylic acid groups (broad SMARTS) is 1. The van der Waals surface area contributed by atoms with Gasteiger partial charge >= 0.3 is 5.97 Å². The average molecular weight is 264 g/mol. The van der Waals surface area contributed by atoms with E-state index in [2.05, 4.69) is 18.2 Å². The smallest absolute Gasteiger partial charge is 0.328 e. The number of allylic oxidation sites excluding steroid dienone is 2. The van der Waals surface area contributed by atoms with Crippen LogP contribution in [0.3, 0.4) is 0 Å². The number of hydrogen-bond donors (Lipinski definition) is 1. The molecule has 0 amide bonds. The van der Waals surface area contributed by atoms with Gasteiger partial charge < -0.3 is 5.11 Å². The highest BCUT2D eigenvalue weighted by Gasteiger charge is 2.01. The minimum Gasteiger partial charge on any atom is -0.478 e. The lowest BCUT2D eigenvalue weighted by atomic mass is 9.99. The second-order valence-corrected chi connectivity index (χ2v) is 4.51. The number of aliphatic carboxylic acids is 1. The van der Waals surface area contributed by atoms with Gasteiger partial charge in [-0.2, -0.15) is 0 Å². The Morgan fingerprint density at radius 1 is 1.00 bits per heavy atom. The highest BCUT2D eigenvalue weighted by atomic mass is 16.4. The zero-order chi connectivity index (χ0) is 14.4. The topological polar surface area (TPSA) is 37.3 Å². The summed E-state index contributed by atoms with van der Waals surface area (Å²) in [7, 11) is 0. The fourth-order valence-corrected chi connectivity index (χ4v) is 1.99. The van der Waals surface area contributed by atoms with E-state index in [9.17, 15) is 4.79 Å². The minimum atomic E-state index is -0.927. The van der Waals surface area contributed by atoms with Gasteiger partial charge in [0.25, 0.3) is 0 Å². The molecule has 1 N–H and O–H groups in total. The van der Waals surface area contributed by atoms with Crippen LogP contribution in [0.4, 0.5) is 0 Å². The molecule has 0 heterocycles. The van der Waals surface area contributed by atoms with Crippen molar-refractivity contribution in [1.82, 2.24) is 0 Å². The number of carbonyl (C=O) groups is 1. The third-order valence-corrected chi connectivity index (χ3v) is 2.92. The lowest BCUT2D eigenvalue weighted by molar-refractivity contribution is -0.131. The van der Waals surface area contributed by atoms with E-state index < -0.39 is 5.97 Å². The van der Waals surface area contributed by atoms with Gasteiger partial charge in [-0.1, -0.05) is 66.7 Å². The highest BCUT2D eigenvalue weighted by Crippen LogP contribution is 2.24. The summed E-state index contributed by atoms with van der Waals surface area (Å²) in [6.45, 7) is 1.77. The van der Waals surface area contributed by atoms with Gasteiger partial charge in [-0.15, -0.1) is 0 Å². The van der Waals surface area contributed by atoms with Gasteiger partial charge in [0, 0.05) is 6.08 Å². The number of carboxylic acids is 1. The molecule has 2 nitrogen and oxygen atoms in total. The molecular formula is C18H16O2. The summed E-state index contributed by atoms with van der Waals surface area (Å²) in [5, 5.41) is 8.70. The van der Waals surface area contributed by atoms with Gasteiger partial charge in [0.05, 0.1) is 0 Å². The van der Waals surface area contributed by atoms with E-state index in [0.29, 0.717) is 5.57 Å². The molecule has 2 aromatic rings. The summed E-state index contributed by atoms with van der Waals surface area (Å²) in [6, 6.07) is 18.2. The summed E-state index contributed by atoms with van der Waals surface area (Å²) in [6.07, 6.45) is 4.95. The third kappa shape index (κ3) is 3.69. The summed E-state index contributed by atoms with van der Waals surface area (Å²) < 4.78 is 0. The molecule has 0 unspecified atom stereocenters. The Kier molecular flexibility index (Phi) is 4.51. The van der Waals surface area contributed by atoms with Crippen LogP contribution in [-0.2, 0) is 4.79 Å². The Morgan fingerprint density at radius 3 is 2.35 bits per heavy atom. The second kappa shape index (κ2) is 6.53. The normalized spacial score (nSPS) is 11.8. The molecule has 0 aliphatic rings. The van der Waals surface area contributed by atoms with Crippen molar-refractivity contribution in [3.05, 3.63) is 77.9 Å². The Balaban J connectivity index is 2.35. The van der Waals surface area contributed by atoms with Gasteiger partial charge in [-0.3, -0.25) is 0 Å². The van der Waals surface area contributed by atoms with Gasteiger partial charge in [0.2, 0.25) is 0 Å².